The lowest BCUT2D eigenvalue weighted by Crippen LogP contribution is -2.42. The second-order valence-electron chi connectivity index (χ2n) is 9.81. The first kappa shape index (κ1) is 22.7. The van der Waals surface area contributed by atoms with Crippen LogP contribution in [-0.2, 0) is 11.2 Å². The molecule has 4 nitrogen and oxygen atoms in total. The van der Waals surface area contributed by atoms with E-state index in [1.807, 2.05) is 19.1 Å². The third-order valence-corrected chi connectivity index (χ3v) is 7.85. The number of ether oxygens (including phenoxy) is 1. The molecule has 2 fully saturated rings. The average Bonchev–Trinajstić information content (AvgIpc) is 2.70. The van der Waals surface area contributed by atoms with Crippen molar-refractivity contribution in [3.63, 3.8) is 0 Å². The summed E-state index contributed by atoms with van der Waals surface area (Å²) in [5.41, 5.74) is 4.73. The normalized spacial score (nSPS) is 28.7. The van der Waals surface area contributed by atoms with E-state index < -0.39 is 5.97 Å². The van der Waals surface area contributed by atoms with Crippen LogP contribution < -0.4 is 4.74 Å². The Kier molecular flexibility index (Phi) is 7.15. The van der Waals surface area contributed by atoms with Crippen LogP contribution in [-0.4, -0.2) is 23.3 Å². The minimum atomic E-state index is -0.692. The van der Waals surface area contributed by atoms with Gasteiger partial charge in [0.15, 0.2) is 0 Å². The summed E-state index contributed by atoms with van der Waals surface area (Å²) >= 11 is 0. The Bertz CT molecular complexity index is 805. The van der Waals surface area contributed by atoms with E-state index in [1.165, 1.54) is 30.4 Å². The smallest absolute Gasteiger partial charge is 0.303 e. The van der Waals surface area contributed by atoms with E-state index >= 15 is 0 Å². The second-order valence-corrected chi connectivity index (χ2v) is 9.81. The molecular weight excluding hydrogens is 376 g/mol. The molecule has 0 spiro atoms. The lowest BCUT2D eigenvalue weighted by Gasteiger charge is -2.50. The molecule has 0 heterocycles. The predicted molar refractivity (Wildman–Crippen MR) is 120 cm³/mol. The molecule has 0 radical (unpaired) electrons. The average molecular weight is 415 g/mol. The van der Waals surface area contributed by atoms with Gasteiger partial charge in [0.1, 0.15) is 11.5 Å². The molecular formula is C26H38O4. The van der Waals surface area contributed by atoms with Crippen molar-refractivity contribution >= 4 is 5.97 Å². The van der Waals surface area contributed by atoms with E-state index in [1.54, 1.807) is 7.11 Å². The van der Waals surface area contributed by atoms with Gasteiger partial charge in [0.25, 0.3) is 0 Å². The topological polar surface area (TPSA) is 66.8 Å². The summed E-state index contributed by atoms with van der Waals surface area (Å²) in [6.45, 7) is 8.65. The number of aliphatic carboxylic acids is 1. The number of aromatic hydroxyl groups is 1. The van der Waals surface area contributed by atoms with Crippen molar-refractivity contribution < 1.29 is 19.7 Å². The minimum Gasteiger partial charge on any atom is -0.507 e. The number of carbonyl (C=O) groups is 1. The Hall–Kier alpha value is -1.97. The number of hydrogen-bond acceptors (Lipinski definition) is 3. The Morgan fingerprint density at radius 3 is 2.53 bits per heavy atom. The van der Waals surface area contributed by atoms with Crippen LogP contribution in [0, 0.1) is 36.5 Å². The van der Waals surface area contributed by atoms with Crippen molar-refractivity contribution in [2.24, 2.45) is 29.6 Å². The van der Waals surface area contributed by atoms with Crippen molar-refractivity contribution in [1.29, 1.82) is 0 Å². The molecule has 2 N–H and O–H groups in total. The van der Waals surface area contributed by atoms with E-state index in [-0.39, 0.29) is 6.42 Å². The number of carboxylic acid groups (broad SMARTS) is 1. The highest BCUT2D eigenvalue weighted by atomic mass is 16.5. The van der Waals surface area contributed by atoms with E-state index in [0.29, 0.717) is 35.3 Å². The molecule has 0 saturated heterocycles. The fourth-order valence-electron chi connectivity index (χ4n) is 6.30. The van der Waals surface area contributed by atoms with Gasteiger partial charge in [-0.15, -0.1) is 0 Å². The van der Waals surface area contributed by atoms with Crippen molar-refractivity contribution in [3.8, 4) is 11.5 Å². The van der Waals surface area contributed by atoms with Gasteiger partial charge in [-0.05, 0) is 106 Å². The third-order valence-electron chi connectivity index (χ3n) is 7.85. The van der Waals surface area contributed by atoms with Gasteiger partial charge in [-0.25, -0.2) is 0 Å². The molecule has 30 heavy (non-hydrogen) atoms. The number of phenolic OH excluding ortho intramolecular Hbond substituents is 1. The standard InChI is InChI=1S/C26H38O4/c1-15(2)20-8-9-23-22(21(20)10-11-25(27)28)7-6-16(3)24(23)14-18-13-19(30-5)12-17(4)26(18)29/h12-13,16,21-24,29H,6-11,14H2,1-5H3,(H,27,28)/t16-,21-,22+,23+,24+/m1/s1. The van der Waals surface area contributed by atoms with Gasteiger partial charge < -0.3 is 14.9 Å². The highest BCUT2D eigenvalue weighted by molar-refractivity contribution is 5.66. The van der Waals surface area contributed by atoms with Crippen LogP contribution in [0.4, 0.5) is 0 Å². The highest BCUT2D eigenvalue weighted by Gasteiger charge is 2.44. The summed E-state index contributed by atoms with van der Waals surface area (Å²) < 4.78 is 5.45. The van der Waals surface area contributed by atoms with E-state index in [4.69, 9.17) is 4.74 Å². The summed E-state index contributed by atoms with van der Waals surface area (Å²) in [6.07, 6.45) is 6.49. The van der Waals surface area contributed by atoms with Gasteiger partial charge in [0.05, 0.1) is 7.11 Å². The zero-order chi connectivity index (χ0) is 22.0. The molecule has 0 aliphatic heterocycles. The lowest BCUT2D eigenvalue weighted by atomic mass is 9.55. The minimum absolute atomic E-state index is 0.251. The number of methoxy groups -OCH3 is 1. The van der Waals surface area contributed by atoms with Crippen molar-refractivity contribution in [2.45, 2.75) is 72.6 Å². The largest absolute Gasteiger partial charge is 0.507 e. The molecule has 2 aliphatic carbocycles. The molecule has 1 aromatic rings. The zero-order valence-electron chi connectivity index (χ0n) is 19.2. The maximum Gasteiger partial charge on any atom is 0.303 e. The summed E-state index contributed by atoms with van der Waals surface area (Å²) in [5.74, 6) is 3.14. The summed E-state index contributed by atoms with van der Waals surface area (Å²) in [6, 6.07) is 3.88. The van der Waals surface area contributed by atoms with Crippen LogP contribution in [0.2, 0.25) is 0 Å². The van der Waals surface area contributed by atoms with Crippen molar-refractivity contribution in [2.75, 3.05) is 7.11 Å². The summed E-state index contributed by atoms with van der Waals surface area (Å²) in [7, 11) is 1.67. The Balaban J connectivity index is 1.89. The molecule has 3 rings (SSSR count). The van der Waals surface area contributed by atoms with Crippen LogP contribution >= 0.6 is 0 Å². The molecule has 0 amide bonds. The van der Waals surface area contributed by atoms with Crippen molar-refractivity contribution in [3.05, 3.63) is 34.4 Å². The fourth-order valence-corrected chi connectivity index (χ4v) is 6.30. The van der Waals surface area contributed by atoms with E-state index in [2.05, 4.69) is 20.8 Å². The monoisotopic (exact) mass is 414 g/mol. The number of aryl methyl sites for hydroxylation is 1. The van der Waals surface area contributed by atoms with Crippen LogP contribution in [0.25, 0.3) is 0 Å². The Labute approximate surface area is 181 Å². The van der Waals surface area contributed by atoms with Crippen LogP contribution in [0.3, 0.4) is 0 Å². The Morgan fingerprint density at radius 2 is 1.90 bits per heavy atom. The van der Waals surface area contributed by atoms with Gasteiger partial charge >= 0.3 is 5.97 Å². The molecule has 0 bridgehead atoms. The molecule has 2 saturated carbocycles. The first-order valence-electron chi connectivity index (χ1n) is 11.5. The maximum atomic E-state index is 11.3. The first-order valence-corrected chi connectivity index (χ1v) is 11.5. The van der Waals surface area contributed by atoms with E-state index in [9.17, 15) is 15.0 Å². The third kappa shape index (κ3) is 4.68. The predicted octanol–water partition coefficient (Wildman–Crippen LogP) is 6.14. The SMILES string of the molecule is COc1cc(C)c(O)c(C[C@@H]2[C@H]3CCC(=C(C)C)[C@@H](CCC(=O)O)[C@@H]3CC[C@H]2C)c1. The molecule has 0 unspecified atom stereocenters. The fraction of sp³-hybridized carbons (Fsp3) is 0.654. The van der Waals surface area contributed by atoms with Crippen LogP contribution in [0.5, 0.6) is 11.5 Å². The lowest BCUT2D eigenvalue weighted by molar-refractivity contribution is -0.137. The van der Waals surface area contributed by atoms with Crippen molar-refractivity contribution in [1.82, 2.24) is 0 Å². The second kappa shape index (κ2) is 9.45. The number of hydrogen-bond donors (Lipinski definition) is 2. The number of carboxylic acids is 1. The van der Waals surface area contributed by atoms with Gasteiger partial charge in [-0.2, -0.15) is 0 Å². The maximum absolute atomic E-state index is 11.3. The van der Waals surface area contributed by atoms with Gasteiger partial charge in [-0.3, -0.25) is 4.79 Å². The van der Waals surface area contributed by atoms with Crippen LogP contribution in [0.15, 0.2) is 23.3 Å². The number of benzene rings is 1. The summed E-state index contributed by atoms with van der Waals surface area (Å²) in [4.78, 5) is 11.3. The number of fused-ring (bicyclic) bond motifs is 1. The quantitative estimate of drug-likeness (QED) is 0.549. The number of allylic oxidation sites excluding steroid dienone is 2. The highest BCUT2D eigenvalue weighted by Crippen LogP contribution is 2.53. The van der Waals surface area contributed by atoms with Gasteiger partial charge in [-0.1, -0.05) is 24.5 Å². The molecule has 4 heteroatoms. The summed E-state index contributed by atoms with van der Waals surface area (Å²) in [5, 5.41) is 20.0. The molecule has 2 aliphatic rings. The van der Waals surface area contributed by atoms with Crippen LogP contribution in [0.1, 0.15) is 70.4 Å². The number of phenols is 1. The van der Waals surface area contributed by atoms with Gasteiger partial charge in [0.2, 0.25) is 0 Å². The van der Waals surface area contributed by atoms with Gasteiger partial charge in [0, 0.05) is 6.42 Å². The first-order chi connectivity index (χ1) is 14.2. The zero-order valence-corrected chi connectivity index (χ0v) is 19.2. The molecule has 1 aromatic carbocycles. The molecule has 5 atom stereocenters. The molecule has 0 aromatic heterocycles. The molecule has 166 valence electrons. The number of rotatable bonds is 6. The van der Waals surface area contributed by atoms with E-state index in [0.717, 1.165) is 36.1 Å². The Morgan fingerprint density at radius 1 is 1.17 bits per heavy atom.